The minimum Gasteiger partial charge on any atom is -0.489 e. The number of para-hydroxylation sites is 1. The fourth-order valence-electron chi connectivity index (χ4n) is 3.11. The van der Waals surface area contributed by atoms with Gasteiger partial charge in [-0.05, 0) is 63.2 Å². The number of halogens is 1. The number of Topliss-reactive ketones (excluding diaryl/α,β-unsaturated/α-hetero) is 1. The van der Waals surface area contributed by atoms with Crippen LogP contribution < -0.4 is 4.74 Å². The zero-order chi connectivity index (χ0) is 22.4. The maximum atomic E-state index is 13.2. The summed E-state index contributed by atoms with van der Waals surface area (Å²) in [5.41, 5.74) is 3.55. The monoisotopic (exact) mass is 422 g/mol. The van der Waals surface area contributed by atoms with Crippen molar-refractivity contribution in [2.75, 3.05) is 13.2 Å². The molecule has 7 heteroatoms. The van der Waals surface area contributed by atoms with E-state index in [0.717, 1.165) is 22.6 Å². The zero-order valence-electron chi connectivity index (χ0n) is 17.6. The highest BCUT2D eigenvalue weighted by atomic mass is 19.1. The van der Waals surface area contributed by atoms with Gasteiger partial charge in [-0.1, -0.05) is 12.1 Å². The van der Waals surface area contributed by atoms with E-state index in [1.807, 2.05) is 13.8 Å². The molecule has 1 heterocycles. The summed E-state index contributed by atoms with van der Waals surface area (Å²) >= 11 is 0. The van der Waals surface area contributed by atoms with Crippen molar-refractivity contribution in [3.05, 3.63) is 82.9 Å². The van der Waals surface area contributed by atoms with Gasteiger partial charge in [0.25, 0.3) is 0 Å². The van der Waals surface area contributed by atoms with Gasteiger partial charge in [-0.15, -0.1) is 0 Å². The van der Waals surface area contributed by atoms with Gasteiger partial charge < -0.3 is 9.47 Å². The predicted molar refractivity (Wildman–Crippen MR) is 115 cm³/mol. The van der Waals surface area contributed by atoms with Crippen molar-refractivity contribution in [3.8, 4) is 11.4 Å². The molecule has 0 fully saturated rings. The zero-order valence-corrected chi connectivity index (χ0v) is 17.6. The molecule has 0 bridgehead atoms. The molecular weight excluding hydrogens is 399 g/mol. The van der Waals surface area contributed by atoms with E-state index >= 15 is 0 Å². The molecule has 0 aliphatic heterocycles. The lowest BCUT2D eigenvalue weighted by Gasteiger charge is -2.09. The van der Waals surface area contributed by atoms with Crippen molar-refractivity contribution in [1.29, 1.82) is 0 Å². The molecule has 0 saturated heterocycles. The van der Waals surface area contributed by atoms with E-state index in [9.17, 15) is 14.0 Å². The minimum atomic E-state index is -0.517. The summed E-state index contributed by atoms with van der Waals surface area (Å²) in [4.78, 5) is 23.6. The standard InChI is InChI=1S/C24H23FN2O4/c1-16-21(17(2)27(26-16)20-10-8-19(25)9-11-20)12-13-24(29)31-15-14-30-23-7-5-4-6-22(23)18(3)28/h4-13H,14-15H2,1-3H3/b13-12+. The van der Waals surface area contributed by atoms with E-state index in [1.54, 1.807) is 47.2 Å². The molecule has 0 amide bonds. The number of aromatic nitrogens is 2. The first-order chi connectivity index (χ1) is 14.9. The van der Waals surface area contributed by atoms with Gasteiger partial charge in [-0.25, -0.2) is 13.9 Å². The quantitative estimate of drug-likeness (QED) is 0.232. The minimum absolute atomic E-state index is 0.0439. The number of hydrogen-bond acceptors (Lipinski definition) is 5. The van der Waals surface area contributed by atoms with E-state index in [1.165, 1.54) is 25.1 Å². The average Bonchev–Trinajstić information content (AvgIpc) is 3.04. The van der Waals surface area contributed by atoms with Crippen LogP contribution in [0.1, 0.15) is 34.2 Å². The number of carbonyl (C=O) groups is 2. The number of ether oxygens (including phenoxy) is 2. The number of carbonyl (C=O) groups excluding carboxylic acids is 2. The molecule has 2 aromatic carbocycles. The van der Waals surface area contributed by atoms with Gasteiger partial charge >= 0.3 is 5.97 Å². The van der Waals surface area contributed by atoms with Crippen LogP contribution in [0.25, 0.3) is 11.8 Å². The largest absolute Gasteiger partial charge is 0.489 e. The third-order valence-electron chi connectivity index (χ3n) is 4.66. The Morgan fingerprint density at radius 2 is 1.77 bits per heavy atom. The number of benzene rings is 2. The lowest BCUT2D eigenvalue weighted by atomic mass is 10.1. The lowest BCUT2D eigenvalue weighted by molar-refractivity contribution is -0.138. The molecule has 160 valence electrons. The van der Waals surface area contributed by atoms with Gasteiger partial charge in [0, 0.05) is 17.3 Å². The van der Waals surface area contributed by atoms with Gasteiger partial charge in [-0.3, -0.25) is 4.79 Å². The molecule has 1 aromatic heterocycles. The third kappa shape index (κ3) is 5.45. The Kier molecular flexibility index (Phi) is 6.97. The molecule has 0 unspecified atom stereocenters. The summed E-state index contributed by atoms with van der Waals surface area (Å²) in [6, 6.07) is 12.9. The maximum absolute atomic E-state index is 13.2. The second-order valence-electron chi connectivity index (χ2n) is 6.87. The Morgan fingerprint density at radius 3 is 2.48 bits per heavy atom. The van der Waals surface area contributed by atoms with E-state index in [0.29, 0.717) is 11.3 Å². The Hall–Kier alpha value is -3.74. The summed E-state index contributed by atoms with van der Waals surface area (Å²) in [7, 11) is 0. The van der Waals surface area contributed by atoms with Crippen LogP contribution in [-0.2, 0) is 9.53 Å². The van der Waals surface area contributed by atoms with Crippen molar-refractivity contribution in [2.45, 2.75) is 20.8 Å². The molecule has 31 heavy (non-hydrogen) atoms. The summed E-state index contributed by atoms with van der Waals surface area (Å²) < 4.78 is 25.6. The van der Waals surface area contributed by atoms with Crippen LogP contribution in [0.15, 0.2) is 54.6 Å². The number of ketones is 1. The van der Waals surface area contributed by atoms with Crippen molar-refractivity contribution in [3.63, 3.8) is 0 Å². The first-order valence-corrected chi connectivity index (χ1v) is 9.76. The molecule has 0 saturated carbocycles. The first kappa shape index (κ1) is 22.0. The van der Waals surface area contributed by atoms with Gasteiger partial charge in [0.05, 0.1) is 16.9 Å². The summed E-state index contributed by atoms with van der Waals surface area (Å²) in [6.45, 7) is 5.34. The first-order valence-electron chi connectivity index (χ1n) is 9.76. The highest BCUT2D eigenvalue weighted by Gasteiger charge is 2.12. The Bertz CT molecular complexity index is 1120. The van der Waals surface area contributed by atoms with E-state index in [-0.39, 0.29) is 24.8 Å². The van der Waals surface area contributed by atoms with Gasteiger partial charge in [-0.2, -0.15) is 5.10 Å². The normalized spacial score (nSPS) is 11.0. The molecule has 0 N–H and O–H groups in total. The number of nitrogens with zero attached hydrogens (tertiary/aromatic N) is 2. The Morgan fingerprint density at radius 1 is 1.06 bits per heavy atom. The van der Waals surface area contributed by atoms with Gasteiger partial charge in [0.15, 0.2) is 5.78 Å². The summed E-state index contributed by atoms with van der Waals surface area (Å²) in [5.74, 6) is -0.470. The molecule has 0 atom stereocenters. The molecule has 6 nitrogen and oxygen atoms in total. The molecular formula is C24H23FN2O4. The van der Waals surface area contributed by atoms with Gasteiger partial charge in [0.2, 0.25) is 0 Å². The fraction of sp³-hybridized carbons (Fsp3) is 0.208. The Labute approximate surface area is 179 Å². The van der Waals surface area contributed by atoms with Crippen molar-refractivity contribution in [2.24, 2.45) is 0 Å². The SMILES string of the molecule is CC(=O)c1ccccc1OCCOC(=O)/C=C/c1c(C)nn(-c2ccc(F)cc2)c1C. The highest BCUT2D eigenvalue weighted by molar-refractivity contribution is 5.96. The second kappa shape index (κ2) is 9.84. The van der Waals surface area contributed by atoms with Crippen LogP contribution in [-0.4, -0.2) is 34.7 Å². The molecule has 0 aliphatic rings. The Balaban J connectivity index is 1.57. The average molecular weight is 422 g/mol. The van der Waals surface area contributed by atoms with E-state index in [4.69, 9.17) is 9.47 Å². The number of aryl methyl sites for hydroxylation is 1. The third-order valence-corrected chi connectivity index (χ3v) is 4.66. The molecule has 3 aromatic rings. The van der Waals surface area contributed by atoms with Crippen molar-refractivity contribution in [1.82, 2.24) is 9.78 Å². The molecule has 0 aliphatic carbocycles. The summed E-state index contributed by atoms with van der Waals surface area (Å²) in [5, 5.41) is 4.46. The molecule has 3 rings (SSSR count). The van der Waals surface area contributed by atoms with Crippen molar-refractivity contribution < 1.29 is 23.5 Å². The van der Waals surface area contributed by atoms with Crippen LogP contribution in [0.5, 0.6) is 5.75 Å². The van der Waals surface area contributed by atoms with Crippen LogP contribution in [0, 0.1) is 19.7 Å². The van der Waals surface area contributed by atoms with Crippen LogP contribution >= 0.6 is 0 Å². The highest BCUT2D eigenvalue weighted by Crippen LogP contribution is 2.20. The van der Waals surface area contributed by atoms with E-state index in [2.05, 4.69) is 5.10 Å². The van der Waals surface area contributed by atoms with Crippen molar-refractivity contribution >= 4 is 17.8 Å². The van der Waals surface area contributed by atoms with Crippen LogP contribution in [0.2, 0.25) is 0 Å². The second-order valence-corrected chi connectivity index (χ2v) is 6.87. The smallest absolute Gasteiger partial charge is 0.330 e. The topological polar surface area (TPSA) is 70.4 Å². The van der Waals surface area contributed by atoms with E-state index < -0.39 is 5.97 Å². The summed E-state index contributed by atoms with van der Waals surface area (Å²) in [6.07, 6.45) is 2.97. The number of rotatable bonds is 8. The number of esters is 1. The predicted octanol–water partition coefficient (Wildman–Crippen LogP) is 4.47. The molecule has 0 spiro atoms. The lowest BCUT2D eigenvalue weighted by Crippen LogP contribution is -2.11. The number of hydrogen-bond donors (Lipinski definition) is 0. The molecule has 0 radical (unpaired) electrons. The fourth-order valence-corrected chi connectivity index (χ4v) is 3.11. The van der Waals surface area contributed by atoms with Crippen LogP contribution in [0.3, 0.4) is 0 Å². The van der Waals surface area contributed by atoms with Gasteiger partial charge in [0.1, 0.15) is 24.8 Å². The maximum Gasteiger partial charge on any atom is 0.330 e. The van der Waals surface area contributed by atoms with Crippen LogP contribution in [0.4, 0.5) is 4.39 Å².